The Morgan fingerprint density at radius 1 is 1.41 bits per heavy atom. The van der Waals surface area contributed by atoms with Gasteiger partial charge in [0.05, 0.1) is 11.7 Å². The van der Waals surface area contributed by atoms with Crippen LogP contribution in [-0.4, -0.2) is 23.7 Å². The van der Waals surface area contributed by atoms with Gasteiger partial charge in [-0.3, -0.25) is 4.79 Å². The lowest BCUT2D eigenvalue weighted by atomic mass is 9.82. The number of nitrogen functional groups attached to an aromatic ring is 2. The number of anilines is 2. The SMILES string of the molecule is Nc1ccc(C(=O)NCC2CC(O)C2)c(N)c1. The summed E-state index contributed by atoms with van der Waals surface area (Å²) in [5, 5.41) is 11.9. The lowest BCUT2D eigenvalue weighted by Crippen LogP contribution is -2.38. The summed E-state index contributed by atoms with van der Waals surface area (Å²) in [4.78, 5) is 11.8. The highest BCUT2D eigenvalue weighted by Crippen LogP contribution is 2.26. The van der Waals surface area contributed by atoms with Crippen LogP contribution in [0.2, 0.25) is 0 Å². The quantitative estimate of drug-likeness (QED) is 0.568. The highest BCUT2D eigenvalue weighted by molar-refractivity contribution is 5.99. The third-order valence-corrected chi connectivity index (χ3v) is 3.08. The fourth-order valence-corrected chi connectivity index (χ4v) is 1.99. The zero-order chi connectivity index (χ0) is 12.4. The molecule has 1 aliphatic carbocycles. The molecule has 0 heterocycles. The second kappa shape index (κ2) is 4.63. The zero-order valence-corrected chi connectivity index (χ0v) is 9.52. The Morgan fingerprint density at radius 2 is 2.12 bits per heavy atom. The Bertz CT molecular complexity index is 428. The number of amides is 1. The minimum absolute atomic E-state index is 0.191. The van der Waals surface area contributed by atoms with Gasteiger partial charge in [0, 0.05) is 17.9 Å². The number of benzene rings is 1. The van der Waals surface area contributed by atoms with E-state index in [0.717, 1.165) is 12.8 Å². The molecule has 0 aliphatic heterocycles. The molecule has 1 fully saturated rings. The first-order valence-electron chi connectivity index (χ1n) is 5.67. The average molecular weight is 235 g/mol. The van der Waals surface area contributed by atoms with Crippen LogP contribution in [-0.2, 0) is 0 Å². The van der Waals surface area contributed by atoms with Crippen molar-refractivity contribution < 1.29 is 9.90 Å². The van der Waals surface area contributed by atoms with Crippen LogP contribution < -0.4 is 16.8 Å². The number of aliphatic hydroxyl groups excluding tert-OH is 1. The number of rotatable bonds is 3. The fraction of sp³-hybridized carbons (Fsp3) is 0.417. The van der Waals surface area contributed by atoms with Gasteiger partial charge in [-0.25, -0.2) is 0 Å². The molecule has 0 saturated heterocycles. The number of hydrogen-bond donors (Lipinski definition) is 4. The molecule has 0 aromatic heterocycles. The van der Waals surface area contributed by atoms with Crippen LogP contribution in [0.5, 0.6) is 0 Å². The van der Waals surface area contributed by atoms with E-state index in [1.807, 2.05) is 0 Å². The number of nitrogens with two attached hydrogens (primary N) is 2. The van der Waals surface area contributed by atoms with Crippen molar-refractivity contribution in [3.63, 3.8) is 0 Å². The Labute approximate surface area is 99.8 Å². The molecule has 0 atom stereocenters. The molecular formula is C12H17N3O2. The number of nitrogens with one attached hydrogen (secondary N) is 1. The molecule has 1 aromatic rings. The van der Waals surface area contributed by atoms with E-state index in [2.05, 4.69) is 5.32 Å². The Morgan fingerprint density at radius 3 is 2.71 bits per heavy atom. The summed E-state index contributed by atoms with van der Waals surface area (Å²) < 4.78 is 0. The topological polar surface area (TPSA) is 101 Å². The summed E-state index contributed by atoms with van der Waals surface area (Å²) in [7, 11) is 0. The molecule has 92 valence electrons. The Hall–Kier alpha value is -1.75. The molecule has 1 aromatic carbocycles. The summed E-state index contributed by atoms with van der Waals surface area (Å²) in [6.07, 6.45) is 1.33. The third kappa shape index (κ3) is 2.68. The largest absolute Gasteiger partial charge is 0.399 e. The first-order chi connectivity index (χ1) is 8.06. The van der Waals surface area contributed by atoms with Gasteiger partial charge < -0.3 is 21.9 Å². The predicted molar refractivity (Wildman–Crippen MR) is 66.3 cm³/mol. The molecule has 0 bridgehead atoms. The predicted octanol–water partition coefficient (Wildman–Crippen LogP) is 0.352. The molecule has 5 nitrogen and oxygen atoms in total. The minimum Gasteiger partial charge on any atom is -0.399 e. The summed E-state index contributed by atoms with van der Waals surface area (Å²) in [5.74, 6) is 0.188. The normalized spacial score (nSPS) is 22.9. The van der Waals surface area contributed by atoms with Crippen LogP contribution >= 0.6 is 0 Å². The van der Waals surface area contributed by atoms with Gasteiger partial charge in [-0.05, 0) is 37.0 Å². The highest BCUT2D eigenvalue weighted by Gasteiger charge is 2.27. The van der Waals surface area contributed by atoms with E-state index in [-0.39, 0.29) is 12.0 Å². The Kier molecular flexibility index (Phi) is 3.19. The van der Waals surface area contributed by atoms with Gasteiger partial charge in [0.1, 0.15) is 0 Å². The van der Waals surface area contributed by atoms with Gasteiger partial charge in [0.2, 0.25) is 0 Å². The van der Waals surface area contributed by atoms with Gasteiger partial charge in [0.15, 0.2) is 0 Å². The maximum absolute atomic E-state index is 11.8. The van der Waals surface area contributed by atoms with E-state index < -0.39 is 0 Å². The highest BCUT2D eigenvalue weighted by atomic mass is 16.3. The molecule has 5 heteroatoms. The lowest BCUT2D eigenvalue weighted by Gasteiger charge is -2.31. The molecule has 1 saturated carbocycles. The van der Waals surface area contributed by atoms with Crippen LogP contribution in [0.25, 0.3) is 0 Å². The smallest absolute Gasteiger partial charge is 0.253 e. The lowest BCUT2D eigenvalue weighted by molar-refractivity contribution is 0.0420. The second-order valence-electron chi connectivity index (χ2n) is 4.55. The molecule has 0 unspecified atom stereocenters. The van der Waals surface area contributed by atoms with Crippen molar-refractivity contribution >= 4 is 17.3 Å². The number of carbonyl (C=O) groups excluding carboxylic acids is 1. The maximum Gasteiger partial charge on any atom is 0.253 e. The number of hydrogen-bond acceptors (Lipinski definition) is 4. The van der Waals surface area contributed by atoms with Crippen molar-refractivity contribution in [1.82, 2.24) is 5.32 Å². The monoisotopic (exact) mass is 235 g/mol. The summed E-state index contributed by atoms with van der Waals surface area (Å²) in [6, 6.07) is 4.84. The molecular weight excluding hydrogens is 218 g/mol. The first kappa shape index (κ1) is 11.7. The molecule has 2 rings (SSSR count). The summed E-state index contributed by atoms with van der Waals surface area (Å²) >= 11 is 0. The van der Waals surface area contributed by atoms with E-state index in [1.165, 1.54) is 0 Å². The van der Waals surface area contributed by atoms with Crippen LogP contribution in [0.1, 0.15) is 23.2 Å². The summed E-state index contributed by atoms with van der Waals surface area (Å²) in [5.41, 5.74) is 12.6. The maximum atomic E-state index is 11.8. The van der Waals surface area contributed by atoms with Crippen molar-refractivity contribution in [3.05, 3.63) is 23.8 Å². The van der Waals surface area contributed by atoms with Crippen molar-refractivity contribution in [2.45, 2.75) is 18.9 Å². The standard InChI is InChI=1S/C12H17N3O2/c13-8-1-2-10(11(14)5-8)12(17)15-6-7-3-9(16)4-7/h1-2,5,7,9,16H,3-4,6,13-14H2,(H,15,17). The third-order valence-electron chi connectivity index (χ3n) is 3.08. The molecule has 1 amide bonds. The van der Waals surface area contributed by atoms with Crippen molar-refractivity contribution in [3.8, 4) is 0 Å². The Balaban J connectivity index is 1.91. The van der Waals surface area contributed by atoms with Gasteiger partial charge in [-0.2, -0.15) is 0 Å². The molecule has 0 radical (unpaired) electrons. The van der Waals surface area contributed by atoms with Crippen LogP contribution in [0.15, 0.2) is 18.2 Å². The minimum atomic E-state index is -0.196. The van der Waals surface area contributed by atoms with Crippen LogP contribution in [0, 0.1) is 5.92 Å². The molecule has 0 spiro atoms. The van der Waals surface area contributed by atoms with E-state index in [4.69, 9.17) is 16.6 Å². The second-order valence-corrected chi connectivity index (χ2v) is 4.55. The van der Waals surface area contributed by atoms with E-state index in [0.29, 0.717) is 29.4 Å². The van der Waals surface area contributed by atoms with Gasteiger partial charge in [0.25, 0.3) is 5.91 Å². The van der Waals surface area contributed by atoms with E-state index in [1.54, 1.807) is 18.2 Å². The van der Waals surface area contributed by atoms with Gasteiger partial charge >= 0.3 is 0 Å². The van der Waals surface area contributed by atoms with Gasteiger partial charge in [-0.15, -0.1) is 0 Å². The number of carbonyl (C=O) groups is 1. The zero-order valence-electron chi connectivity index (χ0n) is 9.52. The van der Waals surface area contributed by atoms with Crippen molar-refractivity contribution in [1.29, 1.82) is 0 Å². The van der Waals surface area contributed by atoms with Crippen molar-refractivity contribution in [2.75, 3.05) is 18.0 Å². The van der Waals surface area contributed by atoms with Crippen LogP contribution in [0.3, 0.4) is 0 Å². The molecule has 1 aliphatic rings. The van der Waals surface area contributed by atoms with Crippen molar-refractivity contribution in [2.24, 2.45) is 5.92 Å². The van der Waals surface area contributed by atoms with Crippen LogP contribution in [0.4, 0.5) is 11.4 Å². The fourth-order valence-electron chi connectivity index (χ4n) is 1.99. The average Bonchev–Trinajstić information content (AvgIpc) is 2.22. The summed E-state index contributed by atoms with van der Waals surface area (Å²) in [6.45, 7) is 0.583. The first-order valence-corrected chi connectivity index (χ1v) is 5.67. The van der Waals surface area contributed by atoms with E-state index in [9.17, 15) is 4.79 Å². The van der Waals surface area contributed by atoms with Gasteiger partial charge in [-0.1, -0.05) is 0 Å². The molecule has 6 N–H and O–H groups in total. The molecule has 17 heavy (non-hydrogen) atoms. The number of aliphatic hydroxyl groups is 1. The van der Waals surface area contributed by atoms with E-state index >= 15 is 0 Å².